The maximum Gasteiger partial charge on any atom is 0.396 e. The molecule has 0 saturated heterocycles. The smallest absolute Gasteiger partial charge is 0.339 e. The highest BCUT2D eigenvalue weighted by molar-refractivity contribution is 4.89. The third-order valence-corrected chi connectivity index (χ3v) is 2.38. The van der Waals surface area contributed by atoms with Gasteiger partial charge < -0.3 is 10.3 Å². The lowest BCUT2D eigenvalue weighted by Gasteiger charge is -2.06. The van der Waals surface area contributed by atoms with Crippen LogP contribution < -0.4 is 5.73 Å². The monoisotopic (exact) mass is 251 g/mol. The summed E-state index contributed by atoms with van der Waals surface area (Å²) in [4.78, 5) is 3.70. The molecule has 0 radical (unpaired) electrons. The van der Waals surface area contributed by atoms with Gasteiger partial charge in [0.1, 0.15) is 6.42 Å². The maximum absolute atomic E-state index is 12.0. The highest BCUT2D eigenvalue weighted by atomic mass is 19.4. The van der Waals surface area contributed by atoms with Crippen molar-refractivity contribution in [3.05, 3.63) is 11.7 Å². The fourth-order valence-corrected chi connectivity index (χ4v) is 1.44. The first-order valence-electron chi connectivity index (χ1n) is 5.49. The van der Waals surface area contributed by atoms with Crippen LogP contribution in [0, 0.1) is 5.92 Å². The maximum atomic E-state index is 12.0. The number of hydrogen-bond donors (Lipinski definition) is 1. The van der Waals surface area contributed by atoms with Crippen LogP contribution >= 0.6 is 0 Å². The average Bonchev–Trinajstić information content (AvgIpc) is 2.60. The van der Waals surface area contributed by atoms with Crippen LogP contribution in [0.1, 0.15) is 31.5 Å². The lowest BCUT2D eigenvalue weighted by molar-refractivity contribution is -0.128. The zero-order valence-electron chi connectivity index (χ0n) is 9.63. The van der Waals surface area contributed by atoms with Crippen LogP contribution in [0.25, 0.3) is 0 Å². The lowest BCUT2D eigenvalue weighted by atomic mass is 10.0. The van der Waals surface area contributed by atoms with E-state index in [0.29, 0.717) is 18.9 Å². The third-order valence-electron chi connectivity index (χ3n) is 2.38. The number of nitrogens with two attached hydrogens (primary N) is 1. The van der Waals surface area contributed by atoms with Crippen molar-refractivity contribution in [1.82, 2.24) is 10.1 Å². The standard InChI is InChI=1S/C10H16F3N3O/c1-7(4-5-14)2-3-9-15-8(16-17-9)6-10(11,12)13/h7H,2-6,14H2,1H3. The Balaban J connectivity index is 2.41. The van der Waals surface area contributed by atoms with Gasteiger partial charge in [-0.15, -0.1) is 0 Å². The van der Waals surface area contributed by atoms with E-state index < -0.39 is 12.6 Å². The molecular formula is C10H16F3N3O. The first kappa shape index (κ1) is 14.0. The third kappa shape index (κ3) is 5.67. The van der Waals surface area contributed by atoms with E-state index in [2.05, 4.69) is 10.1 Å². The van der Waals surface area contributed by atoms with Gasteiger partial charge >= 0.3 is 6.18 Å². The van der Waals surface area contributed by atoms with Crippen molar-refractivity contribution >= 4 is 0 Å². The molecule has 0 saturated carbocycles. The van der Waals surface area contributed by atoms with Crippen molar-refractivity contribution in [1.29, 1.82) is 0 Å². The summed E-state index contributed by atoms with van der Waals surface area (Å²) in [7, 11) is 0. The van der Waals surface area contributed by atoms with E-state index in [1.807, 2.05) is 6.92 Å². The minimum Gasteiger partial charge on any atom is -0.339 e. The summed E-state index contributed by atoms with van der Waals surface area (Å²) in [5, 5.41) is 3.29. The molecule has 7 heteroatoms. The van der Waals surface area contributed by atoms with Gasteiger partial charge in [0.25, 0.3) is 0 Å². The second-order valence-electron chi connectivity index (χ2n) is 4.12. The molecule has 0 aliphatic rings. The number of aryl methyl sites for hydroxylation is 1. The lowest BCUT2D eigenvalue weighted by Crippen LogP contribution is -2.12. The highest BCUT2D eigenvalue weighted by Crippen LogP contribution is 2.20. The van der Waals surface area contributed by atoms with Crippen molar-refractivity contribution in [2.45, 2.75) is 38.8 Å². The van der Waals surface area contributed by atoms with Crippen LogP contribution in [0.15, 0.2) is 4.52 Å². The van der Waals surface area contributed by atoms with Gasteiger partial charge in [0.05, 0.1) is 0 Å². The summed E-state index contributed by atoms with van der Waals surface area (Å²) in [5.74, 6) is 0.352. The molecule has 0 amide bonds. The molecule has 1 heterocycles. The molecule has 17 heavy (non-hydrogen) atoms. The van der Waals surface area contributed by atoms with E-state index in [0.717, 1.165) is 12.8 Å². The number of aromatic nitrogens is 2. The van der Waals surface area contributed by atoms with Crippen LogP contribution in [0.2, 0.25) is 0 Å². The Kier molecular flexibility index (Phi) is 4.92. The summed E-state index contributed by atoms with van der Waals surface area (Å²) in [6, 6.07) is 0. The van der Waals surface area contributed by atoms with Crippen LogP contribution in [0.5, 0.6) is 0 Å². The average molecular weight is 251 g/mol. The van der Waals surface area contributed by atoms with Gasteiger partial charge in [-0.25, -0.2) is 0 Å². The number of hydrogen-bond acceptors (Lipinski definition) is 4. The summed E-state index contributed by atoms with van der Waals surface area (Å²) < 4.78 is 40.8. The quantitative estimate of drug-likeness (QED) is 0.840. The zero-order chi connectivity index (χ0) is 12.9. The van der Waals surface area contributed by atoms with Crippen LogP contribution in [0.3, 0.4) is 0 Å². The second-order valence-corrected chi connectivity index (χ2v) is 4.12. The Morgan fingerprint density at radius 3 is 2.65 bits per heavy atom. The molecule has 0 spiro atoms. The largest absolute Gasteiger partial charge is 0.396 e. The SMILES string of the molecule is CC(CCN)CCc1nc(CC(F)(F)F)no1. The van der Waals surface area contributed by atoms with Gasteiger partial charge in [-0.2, -0.15) is 18.2 Å². The highest BCUT2D eigenvalue weighted by Gasteiger charge is 2.30. The molecule has 98 valence electrons. The summed E-state index contributed by atoms with van der Waals surface area (Å²) in [6.45, 7) is 2.63. The molecule has 0 aliphatic carbocycles. The topological polar surface area (TPSA) is 64.9 Å². The summed E-state index contributed by atoms with van der Waals surface area (Å²) in [5.41, 5.74) is 5.40. The van der Waals surface area contributed by atoms with E-state index in [4.69, 9.17) is 10.3 Å². The normalized spacial score (nSPS) is 13.9. The first-order valence-corrected chi connectivity index (χ1v) is 5.49. The van der Waals surface area contributed by atoms with Gasteiger partial charge in [0.15, 0.2) is 5.82 Å². The predicted octanol–water partition coefficient (Wildman–Crippen LogP) is 2.09. The van der Waals surface area contributed by atoms with Crippen LogP contribution in [0.4, 0.5) is 13.2 Å². The van der Waals surface area contributed by atoms with Crippen molar-refractivity contribution in [2.75, 3.05) is 6.54 Å². The molecular weight excluding hydrogens is 235 g/mol. The van der Waals surface area contributed by atoms with E-state index >= 15 is 0 Å². The number of alkyl halides is 3. The number of nitrogens with zero attached hydrogens (tertiary/aromatic N) is 2. The Morgan fingerprint density at radius 2 is 2.06 bits per heavy atom. The summed E-state index contributed by atoms with van der Waals surface area (Å²) >= 11 is 0. The van der Waals surface area contributed by atoms with E-state index in [1.165, 1.54) is 0 Å². The molecule has 0 bridgehead atoms. The number of rotatable bonds is 6. The molecule has 1 aromatic rings. The van der Waals surface area contributed by atoms with Crippen molar-refractivity contribution < 1.29 is 17.7 Å². The molecule has 0 fully saturated rings. The van der Waals surface area contributed by atoms with Crippen LogP contribution in [-0.2, 0) is 12.8 Å². The number of halogens is 3. The Morgan fingerprint density at radius 1 is 1.35 bits per heavy atom. The van der Waals surface area contributed by atoms with Crippen molar-refractivity contribution in [3.63, 3.8) is 0 Å². The Bertz CT molecular complexity index is 338. The molecule has 0 aromatic carbocycles. The summed E-state index contributed by atoms with van der Waals surface area (Å²) in [6.07, 6.45) is -3.29. The van der Waals surface area contributed by atoms with Gasteiger partial charge in [-0.3, -0.25) is 0 Å². The molecule has 4 nitrogen and oxygen atoms in total. The van der Waals surface area contributed by atoms with Gasteiger partial charge in [-0.1, -0.05) is 12.1 Å². The van der Waals surface area contributed by atoms with E-state index in [-0.39, 0.29) is 11.7 Å². The van der Waals surface area contributed by atoms with E-state index in [9.17, 15) is 13.2 Å². The van der Waals surface area contributed by atoms with Gasteiger partial charge in [-0.05, 0) is 25.3 Å². The molecule has 1 rings (SSSR count). The van der Waals surface area contributed by atoms with E-state index in [1.54, 1.807) is 0 Å². The molecule has 1 atom stereocenters. The second kappa shape index (κ2) is 6.00. The van der Waals surface area contributed by atoms with Crippen molar-refractivity contribution in [2.24, 2.45) is 11.7 Å². The first-order chi connectivity index (χ1) is 7.90. The van der Waals surface area contributed by atoms with Gasteiger partial charge in [0.2, 0.25) is 5.89 Å². The predicted molar refractivity (Wildman–Crippen MR) is 55.2 cm³/mol. The zero-order valence-corrected chi connectivity index (χ0v) is 9.63. The minimum atomic E-state index is -4.30. The molecule has 2 N–H and O–H groups in total. The molecule has 1 aromatic heterocycles. The van der Waals surface area contributed by atoms with Crippen molar-refractivity contribution in [3.8, 4) is 0 Å². The fraction of sp³-hybridized carbons (Fsp3) is 0.800. The van der Waals surface area contributed by atoms with Gasteiger partial charge in [0, 0.05) is 6.42 Å². The molecule has 0 aliphatic heterocycles. The molecule has 1 unspecified atom stereocenters. The fourth-order valence-electron chi connectivity index (χ4n) is 1.44. The Labute approximate surface area is 97.4 Å². The minimum absolute atomic E-state index is 0.258. The van der Waals surface area contributed by atoms with Crippen LogP contribution in [-0.4, -0.2) is 22.9 Å². The Hall–Kier alpha value is -1.11.